The molecule has 3 aromatic rings. The number of nitrogens with zero attached hydrogens (tertiary/aromatic N) is 1. The summed E-state index contributed by atoms with van der Waals surface area (Å²) in [5, 5.41) is 1.82. The fraction of sp³-hybridized carbons (Fsp3) is 0.182. The average molecular weight is 516 g/mol. The van der Waals surface area contributed by atoms with Crippen molar-refractivity contribution in [3.8, 4) is 11.5 Å². The molecule has 2 aromatic carbocycles. The minimum absolute atomic E-state index is 0.0494. The standard InChI is InChI=1S/C22H18ClF4N3O3S/c1-11-19(21(31)30-13-5-4-6-14(9-13)34(3,28)32)17(10-15(20(11)23)22(25,26)27)33-16-7-8-18(24)29-12(16)2/h4-10,28H,1-3H3,(H,30,31)/t34-/m1/s1. The van der Waals surface area contributed by atoms with Crippen LogP contribution in [0.25, 0.3) is 0 Å². The van der Waals surface area contributed by atoms with E-state index in [0.29, 0.717) is 6.07 Å². The second-order valence-electron chi connectivity index (χ2n) is 7.38. The second kappa shape index (κ2) is 9.22. The van der Waals surface area contributed by atoms with Crippen molar-refractivity contribution in [1.29, 1.82) is 4.78 Å². The van der Waals surface area contributed by atoms with Crippen LogP contribution in [0.1, 0.15) is 27.2 Å². The molecule has 6 nitrogen and oxygen atoms in total. The average Bonchev–Trinajstić information content (AvgIpc) is 2.71. The lowest BCUT2D eigenvalue weighted by atomic mass is 10.0. The van der Waals surface area contributed by atoms with Gasteiger partial charge in [-0.1, -0.05) is 17.7 Å². The molecule has 1 atom stereocenters. The van der Waals surface area contributed by atoms with Crippen LogP contribution in [0, 0.1) is 24.6 Å². The van der Waals surface area contributed by atoms with Crippen molar-refractivity contribution in [3.05, 3.63) is 75.8 Å². The third-order valence-electron chi connectivity index (χ3n) is 4.76. The number of aromatic nitrogens is 1. The molecule has 0 radical (unpaired) electrons. The maximum Gasteiger partial charge on any atom is 0.417 e. The lowest BCUT2D eigenvalue weighted by Gasteiger charge is -2.19. The van der Waals surface area contributed by atoms with E-state index >= 15 is 0 Å². The molecule has 0 spiro atoms. The highest BCUT2D eigenvalue weighted by Gasteiger charge is 2.37. The first kappa shape index (κ1) is 25.4. The second-order valence-corrected chi connectivity index (χ2v) is 9.92. The molecule has 0 saturated heterocycles. The van der Waals surface area contributed by atoms with E-state index in [2.05, 4.69) is 10.3 Å². The summed E-state index contributed by atoms with van der Waals surface area (Å²) in [7, 11) is -3.08. The minimum atomic E-state index is -4.84. The van der Waals surface area contributed by atoms with Crippen LogP contribution >= 0.6 is 11.6 Å². The van der Waals surface area contributed by atoms with Crippen LogP contribution in [-0.2, 0) is 15.9 Å². The highest BCUT2D eigenvalue weighted by Crippen LogP contribution is 2.42. The fourth-order valence-corrected chi connectivity index (χ4v) is 4.03. The molecule has 1 heterocycles. The number of ether oxygens (including phenoxy) is 1. The summed E-state index contributed by atoms with van der Waals surface area (Å²) in [6.07, 6.45) is -3.63. The van der Waals surface area contributed by atoms with Gasteiger partial charge in [-0.2, -0.15) is 17.6 Å². The maximum atomic E-state index is 13.6. The smallest absolute Gasteiger partial charge is 0.417 e. The molecule has 180 valence electrons. The van der Waals surface area contributed by atoms with E-state index in [1.165, 1.54) is 50.4 Å². The summed E-state index contributed by atoms with van der Waals surface area (Å²) < 4.78 is 79.4. The summed E-state index contributed by atoms with van der Waals surface area (Å²) in [5.74, 6) is -2.21. The number of aryl methyl sites for hydroxylation is 1. The van der Waals surface area contributed by atoms with E-state index in [-0.39, 0.29) is 33.2 Å². The number of hydrogen-bond acceptors (Lipinski definition) is 5. The molecule has 3 rings (SSSR count). The molecule has 0 aliphatic heterocycles. The van der Waals surface area contributed by atoms with Crippen LogP contribution < -0.4 is 10.1 Å². The van der Waals surface area contributed by atoms with Crippen molar-refractivity contribution in [3.63, 3.8) is 0 Å². The molecule has 0 saturated carbocycles. The zero-order valence-corrected chi connectivity index (χ0v) is 19.6. The maximum absolute atomic E-state index is 13.6. The number of nitrogens with one attached hydrogen (secondary N) is 2. The third kappa shape index (κ3) is 5.48. The molecule has 0 aliphatic rings. The Bertz CT molecular complexity index is 1390. The minimum Gasteiger partial charge on any atom is -0.455 e. The first-order valence-corrected chi connectivity index (χ1v) is 11.9. The summed E-state index contributed by atoms with van der Waals surface area (Å²) >= 11 is 5.96. The van der Waals surface area contributed by atoms with Crippen molar-refractivity contribution in [2.75, 3.05) is 11.6 Å². The molecule has 0 fully saturated rings. The van der Waals surface area contributed by atoms with Crippen LogP contribution in [-0.4, -0.2) is 21.4 Å². The predicted octanol–water partition coefficient (Wildman–Crippen LogP) is 6.59. The first-order valence-electron chi connectivity index (χ1n) is 9.55. The van der Waals surface area contributed by atoms with E-state index in [1.54, 1.807) is 0 Å². The summed E-state index contributed by atoms with van der Waals surface area (Å²) in [5.41, 5.74) is -1.51. The Morgan fingerprint density at radius 3 is 2.41 bits per heavy atom. The third-order valence-corrected chi connectivity index (χ3v) is 6.40. The van der Waals surface area contributed by atoms with Crippen molar-refractivity contribution in [1.82, 2.24) is 4.98 Å². The Morgan fingerprint density at radius 1 is 1.15 bits per heavy atom. The summed E-state index contributed by atoms with van der Waals surface area (Å²) in [6, 6.07) is 8.43. The number of anilines is 1. The fourth-order valence-electron chi connectivity index (χ4n) is 3.09. The molecule has 1 amide bonds. The van der Waals surface area contributed by atoms with E-state index < -0.39 is 44.1 Å². The highest BCUT2D eigenvalue weighted by atomic mass is 35.5. The Kier molecular flexibility index (Phi) is 6.90. The summed E-state index contributed by atoms with van der Waals surface area (Å²) in [4.78, 5) is 16.9. The van der Waals surface area contributed by atoms with Crippen LogP contribution in [0.2, 0.25) is 5.02 Å². The largest absolute Gasteiger partial charge is 0.455 e. The number of benzene rings is 2. The van der Waals surface area contributed by atoms with E-state index in [4.69, 9.17) is 21.1 Å². The van der Waals surface area contributed by atoms with Crippen molar-refractivity contribution < 1.29 is 31.3 Å². The molecule has 0 bridgehead atoms. The molecular weight excluding hydrogens is 498 g/mol. The lowest BCUT2D eigenvalue weighted by molar-refractivity contribution is -0.137. The van der Waals surface area contributed by atoms with Gasteiger partial charge in [0.25, 0.3) is 5.91 Å². The zero-order chi connectivity index (χ0) is 25.4. The molecule has 2 N–H and O–H groups in total. The van der Waals surface area contributed by atoms with Gasteiger partial charge in [0, 0.05) is 16.8 Å². The number of carbonyl (C=O) groups excluding carboxylic acids is 1. The number of alkyl halides is 3. The Hall–Kier alpha value is -3.18. The molecule has 0 unspecified atom stereocenters. The number of amides is 1. The Balaban J connectivity index is 2.13. The lowest BCUT2D eigenvalue weighted by Crippen LogP contribution is -2.17. The van der Waals surface area contributed by atoms with Crippen LogP contribution in [0.3, 0.4) is 0 Å². The number of carbonyl (C=O) groups is 1. The molecule has 34 heavy (non-hydrogen) atoms. The Morgan fingerprint density at radius 2 is 1.82 bits per heavy atom. The van der Waals surface area contributed by atoms with Crippen LogP contribution in [0.15, 0.2) is 47.4 Å². The van der Waals surface area contributed by atoms with Gasteiger partial charge in [-0.05, 0) is 55.8 Å². The van der Waals surface area contributed by atoms with E-state index in [0.717, 1.165) is 6.07 Å². The van der Waals surface area contributed by atoms with Gasteiger partial charge in [0.05, 0.1) is 31.6 Å². The molecule has 1 aromatic heterocycles. The topological polar surface area (TPSA) is 92.1 Å². The van der Waals surface area contributed by atoms with Gasteiger partial charge in [0.2, 0.25) is 5.95 Å². The quantitative estimate of drug-likeness (QED) is 0.296. The Labute approximate surface area is 197 Å². The van der Waals surface area contributed by atoms with Gasteiger partial charge in [0.1, 0.15) is 11.5 Å². The number of hydrogen-bond donors (Lipinski definition) is 2. The zero-order valence-electron chi connectivity index (χ0n) is 18.0. The summed E-state index contributed by atoms with van der Waals surface area (Å²) in [6.45, 7) is 2.62. The van der Waals surface area contributed by atoms with Crippen molar-refractivity contribution >= 4 is 32.9 Å². The normalized spacial score (nSPS) is 13.3. The van der Waals surface area contributed by atoms with Crippen molar-refractivity contribution in [2.45, 2.75) is 24.9 Å². The predicted molar refractivity (Wildman–Crippen MR) is 120 cm³/mol. The number of rotatable bonds is 5. The van der Waals surface area contributed by atoms with Gasteiger partial charge in [-0.3, -0.25) is 4.79 Å². The highest BCUT2D eigenvalue weighted by molar-refractivity contribution is 7.91. The van der Waals surface area contributed by atoms with Gasteiger partial charge in [0.15, 0.2) is 0 Å². The SMILES string of the molecule is Cc1nc(F)ccc1Oc1cc(C(F)(F)F)c(Cl)c(C)c1C(=O)Nc1cccc([S@](C)(=N)=O)c1. The van der Waals surface area contributed by atoms with Crippen molar-refractivity contribution in [2.24, 2.45) is 0 Å². The molecular formula is C22H18ClF4N3O3S. The van der Waals surface area contributed by atoms with E-state index in [1.807, 2.05) is 0 Å². The van der Waals surface area contributed by atoms with Gasteiger partial charge >= 0.3 is 6.18 Å². The van der Waals surface area contributed by atoms with Crippen LogP contribution in [0.4, 0.5) is 23.2 Å². The van der Waals surface area contributed by atoms with E-state index in [9.17, 15) is 26.6 Å². The van der Waals surface area contributed by atoms with Gasteiger partial charge in [-0.25, -0.2) is 14.0 Å². The number of pyridine rings is 1. The number of halogens is 5. The molecule has 12 heteroatoms. The van der Waals surface area contributed by atoms with Crippen LogP contribution in [0.5, 0.6) is 11.5 Å². The molecule has 0 aliphatic carbocycles. The van der Waals surface area contributed by atoms with Gasteiger partial charge in [-0.15, -0.1) is 0 Å². The first-order chi connectivity index (χ1) is 15.7. The van der Waals surface area contributed by atoms with Gasteiger partial charge < -0.3 is 10.1 Å². The monoisotopic (exact) mass is 515 g/mol.